The van der Waals surface area contributed by atoms with Crippen LogP contribution in [0, 0.1) is 6.92 Å². The molecule has 0 bridgehead atoms. The van der Waals surface area contributed by atoms with E-state index in [1.54, 1.807) is 0 Å². The van der Waals surface area contributed by atoms with Crippen molar-refractivity contribution in [2.45, 2.75) is 32.4 Å². The molecular weight excluding hydrogens is 304 g/mol. The van der Waals surface area contributed by atoms with Crippen molar-refractivity contribution in [3.63, 3.8) is 0 Å². The van der Waals surface area contributed by atoms with Gasteiger partial charge in [-0.25, -0.2) is 0 Å². The van der Waals surface area contributed by atoms with Gasteiger partial charge < -0.3 is 14.9 Å². The molecule has 0 spiro atoms. The van der Waals surface area contributed by atoms with Crippen LogP contribution in [0.4, 0.5) is 5.69 Å². The van der Waals surface area contributed by atoms with Crippen molar-refractivity contribution in [2.24, 2.45) is 0 Å². The number of hydrogen-bond acceptors (Lipinski definition) is 3. The van der Waals surface area contributed by atoms with E-state index in [4.69, 9.17) is 0 Å². The molecule has 1 aromatic rings. The number of likely N-dealkylation sites (N-methyl/N-ethyl adjacent to an activating group) is 1. The molecule has 1 saturated heterocycles. The molecule has 1 aromatic carbocycles. The van der Waals surface area contributed by atoms with Crippen molar-refractivity contribution in [3.05, 3.63) is 28.2 Å². The number of rotatable bonds is 2. The van der Waals surface area contributed by atoms with Gasteiger partial charge in [-0.1, -0.05) is 15.9 Å². The second-order valence-electron chi connectivity index (χ2n) is 5.58. The molecule has 1 fully saturated rings. The lowest BCUT2D eigenvalue weighted by molar-refractivity contribution is 0.228. The Morgan fingerprint density at radius 2 is 2.16 bits per heavy atom. The Morgan fingerprint density at radius 1 is 1.42 bits per heavy atom. The summed E-state index contributed by atoms with van der Waals surface area (Å²) in [6, 6.07) is 7.06. The van der Waals surface area contributed by atoms with E-state index in [1.165, 1.54) is 11.3 Å². The molecule has 2 atom stereocenters. The van der Waals surface area contributed by atoms with Gasteiger partial charge in [-0.3, -0.25) is 0 Å². The number of halogens is 1. The normalized spacial score (nSPS) is 25.4. The highest BCUT2D eigenvalue weighted by Crippen LogP contribution is 2.28. The van der Waals surface area contributed by atoms with E-state index in [2.05, 4.69) is 64.8 Å². The van der Waals surface area contributed by atoms with Gasteiger partial charge in [0, 0.05) is 22.7 Å². The number of aliphatic hydroxyl groups is 1. The maximum atomic E-state index is 9.73. The summed E-state index contributed by atoms with van der Waals surface area (Å²) in [6.07, 6.45) is 1.13. The first kappa shape index (κ1) is 14.8. The van der Waals surface area contributed by atoms with E-state index in [0.717, 1.165) is 24.0 Å². The lowest BCUT2D eigenvalue weighted by atomic mass is 10.1. The lowest BCUT2D eigenvalue weighted by Gasteiger charge is -2.36. The first-order valence-electron chi connectivity index (χ1n) is 6.87. The van der Waals surface area contributed by atoms with Crippen LogP contribution in [0.5, 0.6) is 0 Å². The third-order valence-corrected chi connectivity index (χ3v) is 4.86. The van der Waals surface area contributed by atoms with Crippen molar-refractivity contribution in [1.82, 2.24) is 4.90 Å². The summed E-state index contributed by atoms with van der Waals surface area (Å²) in [7, 11) is 2.13. The number of aryl methyl sites for hydroxylation is 1. The Kier molecular flexibility index (Phi) is 4.87. The van der Waals surface area contributed by atoms with Crippen LogP contribution in [0.3, 0.4) is 0 Å². The predicted octanol–water partition coefficient (Wildman–Crippen LogP) is 2.65. The molecule has 1 aliphatic heterocycles. The monoisotopic (exact) mass is 326 g/mol. The molecule has 0 radical (unpaired) electrons. The van der Waals surface area contributed by atoms with Crippen molar-refractivity contribution < 1.29 is 5.11 Å². The fourth-order valence-corrected chi connectivity index (χ4v) is 3.09. The quantitative estimate of drug-likeness (QED) is 0.905. The molecule has 0 saturated carbocycles. The zero-order chi connectivity index (χ0) is 14.0. The van der Waals surface area contributed by atoms with Crippen LogP contribution in [0.1, 0.15) is 18.9 Å². The van der Waals surface area contributed by atoms with Crippen LogP contribution < -0.4 is 4.90 Å². The maximum Gasteiger partial charge on any atom is 0.0650 e. The topological polar surface area (TPSA) is 26.7 Å². The van der Waals surface area contributed by atoms with Crippen LogP contribution in [-0.2, 0) is 0 Å². The highest BCUT2D eigenvalue weighted by Gasteiger charge is 2.28. The molecule has 1 N–H and O–H groups in total. The third kappa shape index (κ3) is 3.30. The average Bonchev–Trinajstić information content (AvgIpc) is 2.52. The van der Waals surface area contributed by atoms with Crippen LogP contribution in [-0.4, -0.2) is 48.8 Å². The average molecular weight is 327 g/mol. The molecule has 106 valence electrons. The van der Waals surface area contributed by atoms with Gasteiger partial charge in [0.25, 0.3) is 0 Å². The summed E-state index contributed by atoms with van der Waals surface area (Å²) in [5, 5.41) is 9.73. The standard InChI is InChI=1S/C15H23BrN2O/c1-11-8-13(4-5-15(11)16)18-12(2)6-7-17(3)9-14(18)10-19/h4-5,8,12,14,19H,6-7,9-10H2,1-3H3. The molecule has 3 nitrogen and oxygen atoms in total. The zero-order valence-electron chi connectivity index (χ0n) is 11.9. The Morgan fingerprint density at radius 3 is 2.79 bits per heavy atom. The van der Waals surface area contributed by atoms with Gasteiger partial charge in [0.05, 0.1) is 12.6 Å². The molecule has 19 heavy (non-hydrogen) atoms. The Balaban J connectivity index is 2.34. The summed E-state index contributed by atoms with van der Waals surface area (Å²) in [4.78, 5) is 4.69. The minimum absolute atomic E-state index is 0.170. The second kappa shape index (κ2) is 6.25. The second-order valence-corrected chi connectivity index (χ2v) is 6.43. The lowest BCUT2D eigenvalue weighted by Crippen LogP contribution is -2.46. The van der Waals surface area contributed by atoms with E-state index >= 15 is 0 Å². The fraction of sp³-hybridized carbons (Fsp3) is 0.600. The Hall–Kier alpha value is -0.580. The molecule has 0 amide bonds. The Labute approximate surface area is 124 Å². The molecule has 4 heteroatoms. The SMILES string of the molecule is Cc1cc(N2C(C)CCN(C)CC2CO)ccc1Br. The summed E-state index contributed by atoms with van der Waals surface area (Å²) >= 11 is 3.55. The van der Waals surface area contributed by atoms with E-state index in [9.17, 15) is 5.11 Å². The highest BCUT2D eigenvalue weighted by molar-refractivity contribution is 9.10. The predicted molar refractivity (Wildman–Crippen MR) is 83.8 cm³/mol. The molecule has 0 aromatic heterocycles. The number of benzene rings is 1. The van der Waals surface area contributed by atoms with E-state index in [-0.39, 0.29) is 12.6 Å². The largest absolute Gasteiger partial charge is 0.394 e. The number of anilines is 1. The van der Waals surface area contributed by atoms with Crippen molar-refractivity contribution in [1.29, 1.82) is 0 Å². The summed E-state index contributed by atoms with van der Waals surface area (Å²) in [5.41, 5.74) is 2.45. The van der Waals surface area contributed by atoms with Gasteiger partial charge >= 0.3 is 0 Å². The zero-order valence-corrected chi connectivity index (χ0v) is 13.5. The summed E-state index contributed by atoms with van der Waals surface area (Å²) in [5.74, 6) is 0. The van der Waals surface area contributed by atoms with Gasteiger partial charge in [0.15, 0.2) is 0 Å². The van der Waals surface area contributed by atoms with Crippen molar-refractivity contribution in [2.75, 3.05) is 31.6 Å². The van der Waals surface area contributed by atoms with Crippen LogP contribution in [0.2, 0.25) is 0 Å². The van der Waals surface area contributed by atoms with Gasteiger partial charge in [0.2, 0.25) is 0 Å². The van der Waals surface area contributed by atoms with Crippen LogP contribution >= 0.6 is 15.9 Å². The van der Waals surface area contributed by atoms with E-state index in [1.807, 2.05) is 0 Å². The highest BCUT2D eigenvalue weighted by atomic mass is 79.9. The minimum atomic E-state index is 0.170. The first-order valence-corrected chi connectivity index (χ1v) is 7.66. The first-order chi connectivity index (χ1) is 9.02. The fourth-order valence-electron chi connectivity index (χ4n) is 2.85. The number of nitrogens with zero attached hydrogens (tertiary/aromatic N) is 2. The molecule has 0 aliphatic carbocycles. The van der Waals surface area contributed by atoms with E-state index in [0.29, 0.717) is 6.04 Å². The van der Waals surface area contributed by atoms with Crippen molar-refractivity contribution >= 4 is 21.6 Å². The molecule has 1 heterocycles. The van der Waals surface area contributed by atoms with Gasteiger partial charge in [-0.2, -0.15) is 0 Å². The van der Waals surface area contributed by atoms with Crippen LogP contribution in [0.15, 0.2) is 22.7 Å². The third-order valence-electron chi connectivity index (χ3n) is 3.97. The summed E-state index contributed by atoms with van der Waals surface area (Å²) < 4.78 is 1.14. The maximum absolute atomic E-state index is 9.73. The van der Waals surface area contributed by atoms with Gasteiger partial charge in [-0.15, -0.1) is 0 Å². The number of aliphatic hydroxyl groups excluding tert-OH is 1. The van der Waals surface area contributed by atoms with Gasteiger partial charge in [0.1, 0.15) is 0 Å². The molecular formula is C15H23BrN2O. The van der Waals surface area contributed by atoms with E-state index < -0.39 is 0 Å². The minimum Gasteiger partial charge on any atom is -0.394 e. The Bertz CT molecular complexity index is 438. The van der Waals surface area contributed by atoms with Crippen LogP contribution in [0.25, 0.3) is 0 Å². The molecule has 2 rings (SSSR count). The molecule has 1 aliphatic rings. The summed E-state index contributed by atoms with van der Waals surface area (Å²) in [6.45, 7) is 6.55. The van der Waals surface area contributed by atoms with Gasteiger partial charge in [-0.05, 0) is 57.6 Å². The number of hydrogen-bond donors (Lipinski definition) is 1. The molecule has 2 unspecified atom stereocenters. The smallest absolute Gasteiger partial charge is 0.0650 e. The van der Waals surface area contributed by atoms with Crippen molar-refractivity contribution in [3.8, 4) is 0 Å².